The molecule has 1 aliphatic heterocycles. The van der Waals surface area contributed by atoms with Crippen LogP contribution in [0.4, 0.5) is 0 Å². The van der Waals surface area contributed by atoms with E-state index in [1.54, 1.807) is 6.92 Å². The van der Waals surface area contributed by atoms with Crippen molar-refractivity contribution in [2.75, 3.05) is 27.4 Å². The van der Waals surface area contributed by atoms with E-state index in [0.717, 1.165) is 19.4 Å². The molecule has 0 bridgehead atoms. The Bertz CT molecular complexity index is 160. The summed E-state index contributed by atoms with van der Waals surface area (Å²) >= 11 is 0. The van der Waals surface area contributed by atoms with Gasteiger partial charge in [0.15, 0.2) is 6.29 Å². The quantitative estimate of drug-likeness (QED) is 0.688. The van der Waals surface area contributed by atoms with Crippen LogP contribution in [0.15, 0.2) is 0 Å². The van der Waals surface area contributed by atoms with Gasteiger partial charge in [0.05, 0.1) is 6.61 Å². The second-order valence-electron chi connectivity index (χ2n) is 3.94. The van der Waals surface area contributed by atoms with E-state index in [0.29, 0.717) is 6.61 Å². The summed E-state index contributed by atoms with van der Waals surface area (Å²) in [5, 5.41) is 10.3. The maximum Gasteiger partial charge on any atom is 0.185 e. The monoisotopic (exact) mass is 204 g/mol. The SMILES string of the molecule is COC(OC)C(C)(O)C1CCCOC1. The number of hydrogen-bond acceptors (Lipinski definition) is 4. The van der Waals surface area contributed by atoms with Crippen LogP contribution in [0.3, 0.4) is 0 Å². The number of rotatable bonds is 4. The highest BCUT2D eigenvalue weighted by Gasteiger charge is 2.41. The molecule has 1 N–H and O–H groups in total. The molecule has 2 unspecified atom stereocenters. The first-order valence-corrected chi connectivity index (χ1v) is 4.98. The van der Waals surface area contributed by atoms with Gasteiger partial charge in [-0.1, -0.05) is 0 Å². The Morgan fingerprint density at radius 1 is 1.43 bits per heavy atom. The van der Waals surface area contributed by atoms with Crippen LogP contribution in [0, 0.1) is 5.92 Å². The van der Waals surface area contributed by atoms with Gasteiger partial charge in [-0.25, -0.2) is 0 Å². The third-order valence-electron chi connectivity index (χ3n) is 2.89. The van der Waals surface area contributed by atoms with Crippen molar-refractivity contribution in [1.29, 1.82) is 0 Å². The van der Waals surface area contributed by atoms with Gasteiger partial charge in [-0.2, -0.15) is 0 Å². The minimum Gasteiger partial charge on any atom is -0.384 e. The summed E-state index contributed by atoms with van der Waals surface area (Å²) in [5.41, 5.74) is -0.982. The summed E-state index contributed by atoms with van der Waals surface area (Å²) in [7, 11) is 3.07. The molecule has 0 aromatic carbocycles. The first kappa shape index (κ1) is 11.9. The third-order valence-corrected chi connectivity index (χ3v) is 2.89. The van der Waals surface area contributed by atoms with E-state index in [1.165, 1.54) is 14.2 Å². The molecule has 84 valence electrons. The largest absolute Gasteiger partial charge is 0.384 e. The van der Waals surface area contributed by atoms with Crippen LogP contribution in [0.1, 0.15) is 19.8 Å². The molecular formula is C10H20O4. The van der Waals surface area contributed by atoms with Crippen LogP contribution in [-0.4, -0.2) is 44.4 Å². The van der Waals surface area contributed by atoms with Crippen molar-refractivity contribution in [3.05, 3.63) is 0 Å². The lowest BCUT2D eigenvalue weighted by Crippen LogP contribution is -2.50. The highest BCUT2D eigenvalue weighted by Crippen LogP contribution is 2.30. The fourth-order valence-electron chi connectivity index (χ4n) is 1.97. The van der Waals surface area contributed by atoms with E-state index < -0.39 is 11.9 Å². The minimum absolute atomic E-state index is 0.0844. The maximum absolute atomic E-state index is 10.3. The second kappa shape index (κ2) is 5.07. The van der Waals surface area contributed by atoms with Crippen molar-refractivity contribution < 1.29 is 19.3 Å². The first-order valence-electron chi connectivity index (χ1n) is 4.98. The Morgan fingerprint density at radius 2 is 2.07 bits per heavy atom. The van der Waals surface area contributed by atoms with Gasteiger partial charge in [0.25, 0.3) is 0 Å². The van der Waals surface area contributed by atoms with Crippen LogP contribution in [0.2, 0.25) is 0 Å². The van der Waals surface area contributed by atoms with Gasteiger partial charge in [-0.15, -0.1) is 0 Å². The molecule has 1 aliphatic rings. The number of hydrogen-bond donors (Lipinski definition) is 1. The molecular weight excluding hydrogens is 184 g/mol. The molecule has 1 rings (SSSR count). The molecule has 0 amide bonds. The standard InChI is InChI=1S/C10H20O4/c1-10(11,9(12-2)13-3)8-5-4-6-14-7-8/h8-9,11H,4-7H2,1-3H3. The van der Waals surface area contributed by atoms with Crippen LogP contribution in [0.5, 0.6) is 0 Å². The van der Waals surface area contributed by atoms with Crippen molar-refractivity contribution in [2.45, 2.75) is 31.7 Å². The Balaban J connectivity index is 2.60. The van der Waals surface area contributed by atoms with E-state index in [4.69, 9.17) is 14.2 Å². The molecule has 0 saturated carbocycles. The van der Waals surface area contributed by atoms with Gasteiger partial charge >= 0.3 is 0 Å². The molecule has 0 aromatic rings. The Labute approximate surface area is 85.2 Å². The molecule has 1 heterocycles. The molecule has 1 fully saturated rings. The lowest BCUT2D eigenvalue weighted by Gasteiger charge is -2.39. The van der Waals surface area contributed by atoms with Crippen molar-refractivity contribution in [3.8, 4) is 0 Å². The van der Waals surface area contributed by atoms with Crippen LogP contribution >= 0.6 is 0 Å². The smallest absolute Gasteiger partial charge is 0.185 e. The average molecular weight is 204 g/mol. The molecule has 0 aromatic heterocycles. The Morgan fingerprint density at radius 3 is 2.50 bits per heavy atom. The fraction of sp³-hybridized carbons (Fsp3) is 1.00. The van der Waals surface area contributed by atoms with E-state index in [-0.39, 0.29) is 5.92 Å². The van der Waals surface area contributed by atoms with Gasteiger partial charge in [0.1, 0.15) is 5.60 Å². The predicted octanol–water partition coefficient (Wildman–Crippen LogP) is 0.783. The molecule has 4 heteroatoms. The number of aliphatic hydroxyl groups is 1. The molecule has 1 saturated heterocycles. The second-order valence-corrected chi connectivity index (χ2v) is 3.94. The van der Waals surface area contributed by atoms with Crippen LogP contribution in [-0.2, 0) is 14.2 Å². The zero-order chi connectivity index (χ0) is 10.6. The summed E-state index contributed by atoms with van der Waals surface area (Å²) < 4.78 is 15.5. The highest BCUT2D eigenvalue weighted by atomic mass is 16.7. The summed E-state index contributed by atoms with van der Waals surface area (Å²) in [4.78, 5) is 0. The number of methoxy groups -OCH3 is 2. The summed E-state index contributed by atoms with van der Waals surface area (Å²) in [6.07, 6.45) is 1.35. The average Bonchev–Trinajstić information content (AvgIpc) is 2.20. The minimum atomic E-state index is -0.982. The Hall–Kier alpha value is -0.160. The fourth-order valence-corrected chi connectivity index (χ4v) is 1.97. The van der Waals surface area contributed by atoms with Crippen molar-refractivity contribution in [1.82, 2.24) is 0 Å². The topological polar surface area (TPSA) is 47.9 Å². The summed E-state index contributed by atoms with van der Waals surface area (Å²) in [6, 6.07) is 0. The molecule has 4 nitrogen and oxygen atoms in total. The van der Waals surface area contributed by atoms with Gasteiger partial charge in [0.2, 0.25) is 0 Å². The summed E-state index contributed by atoms with van der Waals surface area (Å²) in [5.74, 6) is 0.0844. The third kappa shape index (κ3) is 2.45. The van der Waals surface area contributed by atoms with Crippen molar-refractivity contribution in [2.24, 2.45) is 5.92 Å². The van der Waals surface area contributed by atoms with Crippen molar-refractivity contribution in [3.63, 3.8) is 0 Å². The van der Waals surface area contributed by atoms with Gasteiger partial charge < -0.3 is 19.3 Å². The molecule has 14 heavy (non-hydrogen) atoms. The zero-order valence-corrected chi connectivity index (χ0v) is 9.16. The van der Waals surface area contributed by atoms with Crippen LogP contribution in [0.25, 0.3) is 0 Å². The molecule has 0 spiro atoms. The summed E-state index contributed by atoms with van der Waals surface area (Å²) in [6.45, 7) is 3.11. The Kier molecular flexibility index (Phi) is 4.31. The van der Waals surface area contributed by atoms with Gasteiger partial charge in [-0.3, -0.25) is 0 Å². The van der Waals surface area contributed by atoms with Gasteiger partial charge in [-0.05, 0) is 19.8 Å². The van der Waals surface area contributed by atoms with Crippen LogP contribution < -0.4 is 0 Å². The number of ether oxygens (including phenoxy) is 3. The lowest BCUT2D eigenvalue weighted by atomic mass is 9.84. The van der Waals surface area contributed by atoms with E-state index >= 15 is 0 Å². The van der Waals surface area contributed by atoms with E-state index in [9.17, 15) is 5.11 Å². The molecule has 0 aliphatic carbocycles. The zero-order valence-electron chi connectivity index (χ0n) is 9.16. The predicted molar refractivity (Wildman–Crippen MR) is 52.0 cm³/mol. The highest BCUT2D eigenvalue weighted by molar-refractivity contribution is 4.86. The first-order chi connectivity index (χ1) is 6.62. The van der Waals surface area contributed by atoms with Gasteiger partial charge in [0, 0.05) is 26.7 Å². The lowest BCUT2D eigenvalue weighted by molar-refractivity contribution is -0.237. The normalized spacial score (nSPS) is 27.6. The molecule has 2 atom stereocenters. The van der Waals surface area contributed by atoms with E-state index in [1.807, 2.05) is 0 Å². The van der Waals surface area contributed by atoms with Crippen molar-refractivity contribution >= 4 is 0 Å². The molecule has 0 radical (unpaired) electrons. The maximum atomic E-state index is 10.3. The van der Waals surface area contributed by atoms with E-state index in [2.05, 4.69) is 0 Å².